The predicted octanol–water partition coefficient (Wildman–Crippen LogP) is 5.23. The molecule has 0 atom stereocenters. The summed E-state index contributed by atoms with van der Waals surface area (Å²) in [5.74, 6) is 1.35. The van der Waals surface area contributed by atoms with Gasteiger partial charge in [-0.1, -0.05) is 48.0 Å². The van der Waals surface area contributed by atoms with Gasteiger partial charge in [0.2, 0.25) is 5.91 Å². The van der Waals surface area contributed by atoms with Gasteiger partial charge in [-0.15, -0.1) is 0 Å². The number of carbonyl (C=O) groups is 1. The number of aryl methyl sites for hydroxylation is 2. The highest BCUT2D eigenvalue weighted by Crippen LogP contribution is 2.41. The number of para-hydroxylation sites is 1. The zero-order valence-corrected chi connectivity index (χ0v) is 19.8. The average molecular weight is 435 g/mol. The zero-order valence-electron chi connectivity index (χ0n) is 19.8. The second-order valence-electron chi connectivity index (χ2n) is 9.68. The highest BCUT2D eigenvalue weighted by molar-refractivity contribution is 5.76. The Morgan fingerprint density at radius 1 is 0.938 bits per heavy atom. The van der Waals surface area contributed by atoms with Crippen molar-refractivity contribution in [2.75, 3.05) is 32.8 Å². The van der Waals surface area contributed by atoms with Gasteiger partial charge in [0, 0.05) is 31.6 Å². The number of amides is 1. The quantitative estimate of drug-likeness (QED) is 0.598. The van der Waals surface area contributed by atoms with Gasteiger partial charge < -0.3 is 9.64 Å². The minimum Gasteiger partial charge on any atom is -0.494 e. The van der Waals surface area contributed by atoms with Gasteiger partial charge in [-0.25, -0.2) is 0 Å². The first kappa shape index (κ1) is 22.8. The third kappa shape index (κ3) is 5.72. The average Bonchev–Trinajstić information content (AvgIpc) is 2.82. The molecule has 4 rings (SSSR count). The van der Waals surface area contributed by atoms with Crippen LogP contribution in [-0.4, -0.2) is 48.5 Å². The molecule has 32 heavy (non-hydrogen) atoms. The van der Waals surface area contributed by atoms with Crippen LogP contribution >= 0.6 is 0 Å². The van der Waals surface area contributed by atoms with Gasteiger partial charge in [0.25, 0.3) is 0 Å². The van der Waals surface area contributed by atoms with Crippen molar-refractivity contribution in [2.45, 2.75) is 58.9 Å². The lowest BCUT2D eigenvalue weighted by Gasteiger charge is -2.47. The SMILES string of the molecule is CCOc1ccccc1CN1CCC2(CC1)CCN(C(=O)CCc1ccc(C)cc1)CC2. The summed E-state index contributed by atoms with van der Waals surface area (Å²) in [4.78, 5) is 17.4. The third-order valence-corrected chi connectivity index (χ3v) is 7.51. The van der Waals surface area contributed by atoms with Crippen LogP contribution in [0.4, 0.5) is 0 Å². The van der Waals surface area contributed by atoms with E-state index in [0.717, 1.165) is 57.7 Å². The van der Waals surface area contributed by atoms with E-state index in [2.05, 4.69) is 65.3 Å². The van der Waals surface area contributed by atoms with Gasteiger partial charge in [-0.05, 0) is 76.1 Å². The molecule has 172 valence electrons. The zero-order chi connectivity index (χ0) is 22.4. The molecule has 0 bridgehead atoms. The highest BCUT2D eigenvalue weighted by atomic mass is 16.5. The Bertz CT molecular complexity index is 875. The largest absolute Gasteiger partial charge is 0.494 e. The van der Waals surface area contributed by atoms with Gasteiger partial charge in [0.15, 0.2) is 0 Å². The van der Waals surface area contributed by atoms with Gasteiger partial charge in [0.05, 0.1) is 6.61 Å². The normalized spacial score (nSPS) is 18.6. The fourth-order valence-corrected chi connectivity index (χ4v) is 5.25. The second-order valence-corrected chi connectivity index (χ2v) is 9.68. The summed E-state index contributed by atoms with van der Waals surface area (Å²) in [6, 6.07) is 17.0. The first-order valence-corrected chi connectivity index (χ1v) is 12.3. The van der Waals surface area contributed by atoms with Crippen molar-refractivity contribution in [1.29, 1.82) is 0 Å². The third-order valence-electron chi connectivity index (χ3n) is 7.51. The molecule has 2 aliphatic heterocycles. The van der Waals surface area contributed by atoms with E-state index < -0.39 is 0 Å². The Labute approximate surface area is 193 Å². The van der Waals surface area contributed by atoms with E-state index in [1.807, 2.05) is 6.92 Å². The minimum absolute atomic E-state index is 0.324. The highest BCUT2D eigenvalue weighted by Gasteiger charge is 2.38. The van der Waals surface area contributed by atoms with Crippen molar-refractivity contribution in [2.24, 2.45) is 5.41 Å². The molecule has 0 aliphatic carbocycles. The van der Waals surface area contributed by atoms with E-state index in [1.54, 1.807) is 0 Å². The summed E-state index contributed by atoms with van der Waals surface area (Å²) in [5.41, 5.74) is 4.25. The summed E-state index contributed by atoms with van der Waals surface area (Å²) in [6.45, 7) is 9.96. The van der Waals surface area contributed by atoms with Crippen molar-refractivity contribution in [1.82, 2.24) is 9.80 Å². The lowest BCUT2D eigenvalue weighted by atomic mass is 9.71. The number of hydrogen-bond donors (Lipinski definition) is 0. The van der Waals surface area contributed by atoms with Crippen LogP contribution in [0.5, 0.6) is 5.75 Å². The van der Waals surface area contributed by atoms with Crippen molar-refractivity contribution >= 4 is 5.91 Å². The molecule has 2 heterocycles. The smallest absolute Gasteiger partial charge is 0.222 e. The van der Waals surface area contributed by atoms with E-state index in [9.17, 15) is 4.79 Å². The second kappa shape index (κ2) is 10.5. The Kier molecular flexibility index (Phi) is 7.51. The molecule has 1 spiro atoms. The molecule has 0 aromatic heterocycles. The molecular formula is C28H38N2O2. The van der Waals surface area contributed by atoms with Gasteiger partial charge in [-0.2, -0.15) is 0 Å². The summed E-state index contributed by atoms with van der Waals surface area (Å²) < 4.78 is 5.81. The molecule has 2 aliphatic rings. The number of likely N-dealkylation sites (tertiary alicyclic amines) is 2. The molecule has 4 nitrogen and oxygen atoms in total. The summed E-state index contributed by atoms with van der Waals surface area (Å²) in [5, 5.41) is 0. The fourth-order valence-electron chi connectivity index (χ4n) is 5.25. The Morgan fingerprint density at radius 2 is 1.59 bits per heavy atom. The molecule has 4 heteroatoms. The van der Waals surface area contributed by atoms with Crippen LogP contribution in [0, 0.1) is 12.3 Å². The van der Waals surface area contributed by atoms with E-state index in [0.29, 0.717) is 24.3 Å². The number of benzene rings is 2. The van der Waals surface area contributed by atoms with Crippen LogP contribution in [-0.2, 0) is 17.8 Å². The first-order valence-electron chi connectivity index (χ1n) is 12.3. The number of ether oxygens (including phenoxy) is 1. The van der Waals surface area contributed by atoms with Crippen molar-refractivity contribution in [3.05, 3.63) is 65.2 Å². The van der Waals surface area contributed by atoms with E-state index in [-0.39, 0.29) is 0 Å². The maximum atomic E-state index is 12.8. The lowest BCUT2D eigenvalue weighted by Crippen LogP contribution is -2.48. The van der Waals surface area contributed by atoms with Crippen molar-refractivity contribution < 1.29 is 9.53 Å². The number of piperidine rings is 2. The van der Waals surface area contributed by atoms with E-state index in [1.165, 1.54) is 29.5 Å². The summed E-state index contributed by atoms with van der Waals surface area (Å²) in [6.07, 6.45) is 6.28. The van der Waals surface area contributed by atoms with Crippen molar-refractivity contribution in [3.63, 3.8) is 0 Å². The number of rotatable bonds is 7. The molecule has 2 aromatic carbocycles. The molecular weight excluding hydrogens is 396 g/mol. The number of hydrogen-bond acceptors (Lipinski definition) is 3. The number of carbonyl (C=O) groups excluding carboxylic acids is 1. The van der Waals surface area contributed by atoms with E-state index in [4.69, 9.17) is 4.74 Å². The Balaban J connectivity index is 1.22. The minimum atomic E-state index is 0.324. The standard InChI is InChI=1S/C28H38N2O2/c1-3-32-26-7-5-4-6-25(26)22-29-18-14-28(15-19-29)16-20-30(21-17-28)27(31)13-12-24-10-8-23(2)9-11-24/h4-11H,3,12-22H2,1-2H3. The molecule has 0 unspecified atom stereocenters. The van der Waals surface area contributed by atoms with Gasteiger partial charge in [-0.3, -0.25) is 9.69 Å². The Hall–Kier alpha value is -2.33. The molecule has 2 aromatic rings. The van der Waals surface area contributed by atoms with Crippen LogP contribution in [0.2, 0.25) is 0 Å². The predicted molar refractivity (Wildman–Crippen MR) is 130 cm³/mol. The molecule has 2 saturated heterocycles. The van der Waals surface area contributed by atoms with Gasteiger partial charge >= 0.3 is 0 Å². The molecule has 1 amide bonds. The fraction of sp³-hybridized carbons (Fsp3) is 0.536. The molecule has 0 radical (unpaired) electrons. The molecule has 2 fully saturated rings. The first-order chi connectivity index (χ1) is 15.6. The van der Waals surface area contributed by atoms with Gasteiger partial charge in [0.1, 0.15) is 5.75 Å². The monoisotopic (exact) mass is 434 g/mol. The topological polar surface area (TPSA) is 32.8 Å². The van der Waals surface area contributed by atoms with Crippen LogP contribution in [0.15, 0.2) is 48.5 Å². The van der Waals surface area contributed by atoms with Crippen molar-refractivity contribution in [3.8, 4) is 5.75 Å². The maximum absolute atomic E-state index is 12.8. The summed E-state index contributed by atoms with van der Waals surface area (Å²) in [7, 11) is 0. The van der Waals surface area contributed by atoms with Crippen LogP contribution in [0.1, 0.15) is 55.7 Å². The van der Waals surface area contributed by atoms with Crippen LogP contribution in [0.3, 0.4) is 0 Å². The number of nitrogens with zero attached hydrogens (tertiary/aromatic N) is 2. The lowest BCUT2D eigenvalue weighted by molar-refractivity contribution is -0.134. The molecule has 0 saturated carbocycles. The molecule has 0 N–H and O–H groups in total. The van der Waals surface area contributed by atoms with Crippen LogP contribution in [0.25, 0.3) is 0 Å². The van der Waals surface area contributed by atoms with Crippen LogP contribution < -0.4 is 4.74 Å². The van der Waals surface area contributed by atoms with E-state index >= 15 is 0 Å². The maximum Gasteiger partial charge on any atom is 0.222 e. The Morgan fingerprint density at radius 3 is 2.28 bits per heavy atom. The summed E-state index contributed by atoms with van der Waals surface area (Å²) >= 11 is 0.